The van der Waals surface area contributed by atoms with Gasteiger partial charge in [0.15, 0.2) is 0 Å². The van der Waals surface area contributed by atoms with Gasteiger partial charge in [0.1, 0.15) is 0 Å². The fourth-order valence-electron chi connectivity index (χ4n) is 2.69. The highest BCUT2D eigenvalue weighted by atomic mass is 16.5. The summed E-state index contributed by atoms with van der Waals surface area (Å²) < 4.78 is 10.4. The minimum absolute atomic E-state index is 0.148. The van der Waals surface area contributed by atoms with Crippen LogP contribution in [0.25, 0.3) is 0 Å². The van der Waals surface area contributed by atoms with Crippen molar-refractivity contribution in [2.24, 2.45) is 11.8 Å². The highest BCUT2D eigenvalue weighted by Gasteiger charge is 2.07. The molecule has 0 aliphatic heterocycles. The summed E-state index contributed by atoms with van der Waals surface area (Å²) >= 11 is 0. The molecular formula is C21H40O6. The minimum atomic E-state index is -0.148. The van der Waals surface area contributed by atoms with E-state index in [0.717, 1.165) is 57.8 Å². The monoisotopic (exact) mass is 388 g/mol. The van der Waals surface area contributed by atoms with Gasteiger partial charge in [-0.25, -0.2) is 0 Å². The maximum atomic E-state index is 11.6. The second-order valence-corrected chi connectivity index (χ2v) is 7.52. The molecule has 27 heavy (non-hydrogen) atoms. The van der Waals surface area contributed by atoms with Crippen molar-refractivity contribution in [1.82, 2.24) is 0 Å². The van der Waals surface area contributed by atoms with Crippen LogP contribution in [-0.2, 0) is 19.1 Å². The number of carbonyl (C=O) groups is 2. The fraction of sp³-hybridized carbons (Fsp3) is 0.905. The van der Waals surface area contributed by atoms with Gasteiger partial charge in [-0.2, -0.15) is 0 Å². The van der Waals surface area contributed by atoms with Crippen molar-refractivity contribution in [2.75, 3.05) is 26.4 Å². The Bertz CT molecular complexity index is 338. The molecule has 6 heteroatoms. The van der Waals surface area contributed by atoms with Crippen molar-refractivity contribution in [3.63, 3.8) is 0 Å². The van der Waals surface area contributed by atoms with Gasteiger partial charge in [0.25, 0.3) is 0 Å². The number of rotatable bonds is 18. The Morgan fingerprint density at radius 1 is 0.667 bits per heavy atom. The number of hydrogen-bond donors (Lipinski definition) is 2. The van der Waals surface area contributed by atoms with Gasteiger partial charge in [-0.3, -0.25) is 9.59 Å². The first-order chi connectivity index (χ1) is 13.0. The zero-order chi connectivity index (χ0) is 20.3. The number of hydrogen-bond acceptors (Lipinski definition) is 6. The second kappa shape index (κ2) is 18.2. The average molecular weight is 389 g/mol. The van der Waals surface area contributed by atoms with Crippen LogP contribution in [0, 0.1) is 11.8 Å². The first-order valence-electron chi connectivity index (χ1n) is 10.5. The summed E-state index contributed by atoms with van der Waals surface area (Å²) in [6.45, 7) is 5.30. The van der Waals surface area contributed by atoms with Crippen LogP contribution in [0.15, 0.2) is 0 Å². The third-order valence-corrected chi connectivity index (χ3v) is 4.75. The van der Waals surface area contributed by atoms with Crippen molar-refractivity contribution in [3.8, 4) is 0 Å². The van der Waals surface area contributed by atoms with Gasteiger partial charge in [-0.1, -0.05) is 33.1 Å². The molecule has 0 aliphatic rings. The Labute approximate surface area is 164 Å². The minimum Gasteiger partial charge on any atom is -0.466 e. The molecule has 0 spiro atoms. The Morgan fingerprint density at radius 2 is 1.04 bits per heavy atom. The van der Waals surface area contributed by atoms with Crippen molar-refractivity contribution < 1.29 is 29.3 Å². The maximum Gasteiger partial charge on any atom is 0.305 e. The number of esters is 2. The van der Waals surface area contributed by atoms with Crippen LogP contribution in [0.5, 0.6) is 0 Å². The third-order valence-electron chi connectivity index (χ3n) is 4.75. The van der Waals surface area contributed by atoms with E-state index in [1.165, 1.54) is 0 Å². The molecule has 0 rings (SSSR count). The van der Waals surface area contributed by atoms with E-state index in [1.54, 1.807) is 0 Å². The average Bonchev–Trinajstić information content (AvgIpc) is 2.61. The van der Waals surface area contributed by atoms with Crippen LogP contribution in [0.3, 0.4) is 0 Å². The summed E-state index contributed by atoms with van der Waals surface area (Å²) in [5, 5.41) is 17.6. The van der Waals surface area contributed by atoms with E-state index < -0.39 is 0 Å². The van der Waals surface area contributed by atoms with Crippen LogP contribution < -0.4 is 0 Å². The summed E-state index contributed by atoms with van der Waals surface area (Å²) in [6.07, 6.45) is 8.53. The molecule has 160 valence electrons. The van der Waals surface area contributed by atoms with Crippen molar-refractivity contribution in [1.29, 1.82) is 0 Å². The van der Waals surface area contributed by atoms with Gasteiger partial charge < -0.3 is 19.7 Å². The van der Waals surface area contributed by atoms with E-state index >= 15 is 0 Å². The van der Waals surface area contributed by atoms with Crippen molar-refractivity contribution in [3.05, 3.63) is 0 Å². The van der Waals surface area contributed by atoms with Crippen LogP contribution >= 0.6 is 0 Å². The molecule has 0 radical (unpaired) electrons. The molecule has 0 bridgehead atoms. The van der Waals surface area contributed by atoms with Gasteiger partial charge >= 0.3 is 11.9 Å². The third kappa shape index (κ3) is 18.0. The first kappa shape index (κ1) is 25.9. The number of aliphatic hydroxyl groups is 2. The molecule has 0 amide bonds. The van der Waals surface area contributed by atoms with Gasteiger partial charge in [0, 0.05) is 26.1 Å². The normalized spacial score (nSPS) is 13.2. The largest absolute Gasteiger partial charge is 0.466 e. The van der Waals surface area contributed by atoms with Gasteiger partial charge in [-0.15, -0.1) is 0 Å². The first-order valence-corrected chi connectivity index (χ1v) is 10.5. The predicted octanol–water partition coefficient (Wildman–Crippen LogP) is 3.62. The molecule has 0 fully saturated rings. The van der Waals surface area contributed by atoms with E-state index in [9.17, 15) is 9.59 Å². The quantitative estimate of drug-likeness (QED) is 0.275. The van der Waals surface area contributed by atoms with Crippen LogP contribution in [0.2, 0.25) is 0 Å². The molecule has 2 unspecified atom stereocenters. The molecule has 2 N–H and O–H groups in total. The number of ether oxygens (including phenoxy) is 2. The highest BCUT2D eigenvalue weighted by molar-refractivity contribution is 5.69. The smallest absolute Gasteiger partial charge is 0.305 e. The molecule has 0 saturated heterocycles. The summed E-state index contributed by atoms with van der Waals surface area (Å²) in [6, 6.07) is 0. The van der Waals surface area contributed by atoms with Crippen LogP contribution in [0.1, 0.15) is 84.5 Å². The van der Waals surface area contributed by atoms with Crippen molar-refractivity contribution in [2.45, 2.75) is 84.5 Å². The molecule has 0 aromatic rings. The lowest BCUT2D eigenvalue weighted by Crippen LogP contribution is -2.09. The second-order valence-electron chi connectivity index (χ2n) is 7.52. The zero-order valence-electron chi connectivity index (χ0n) is 17.3. The number of unbranched alkanes of at least 4 members (excludes halogenated alkanes) is 4. The Hall–Kier alpha value is -1.14. The maximum absolute atomic E-state index is 11.6. The van der Waals surface area contributed by atoms with Gasteiger partial charge in [0.2, 0.25) is 0 Å². The SMILES string of the molecule is CC(CCO)CCOC(=O)CCCCCCCC(=O)OCCC(C)CCO. The topological polar surface area (TPSA) is 93.1 Å². The molecule has 0 aliphatic carbocycles. The number of aliphatic hydroxyl groups excluding tert-OH is 2. The summed E-state index contributed by atoms with van der Waals surface area (Å²) in [5.74, 6) is 0.451. The van der Waals surface area contributed by atoms with Crippen LogP contribution in [0.4, 0.5) is 0 Å². The van der Waals surface area contributed by atoms with Crippen LogP contribution in [-0.4, -0.2) is 48.6 Å². The summed E-state index contributed by atoms with van der Waals surface area (Å²) in [4.78, 5) is 23.2. The molecule has 6 nitrogen and oxygen atoms in total. The van der Waals surface area contributed by atoms with E-state index in [2.05, 4.69) is 0 Å². The molecular weight excluding hydrogens is 348 g/mol. The summed E-state index contributed by atoms with van der Waals surface area (Å²) in [7, 11) is 0. The number of carbonyl (C=O) groups excluding carboxylic acids is 2. The Kier molecular flexibility index (Phi) is 17.5. The van der Waals surface area contributed by atoms with Gasteiger partial charge in [-0.05, 0) is 50.4 Å². The molecule has 0 heterocycles. The Balaban J connectivity index is 3.40. The highest BCUT2D eigenvalue weighted by Crippen LogP contribution is 2.11. The van der Waals surface area contributed by atoms with E-state index in [0.29, 0.717) is 37.9 Å². The summed E-state index contributed by atoms with van der Waals surface area (Å²) in [5.41, 5.74) is 0. The lowest BCUT2D eigenvalue weighted by molar-refractivity contribution is -0.145. The fourth-order valence-corrected chi connectivity index (χ4v) is 2.69. The zero-order valence-corrected chi connectivity index (χ0v) is 17.3. The predicted molar refractivity (Wildman–Crippen MR) is 105 cm³/mol. The van der Waals surface area contributed by atoms with E-state index in [-0.39, 0.29) is 25.2 Å². The van der Waals surface area contributed by atoms with Gasteiger partial charge in [0.05, 0.1) is 13.2 Å². The lowest BCUT2D eigenvalue weighted by atomic mass is 10.1. The Morgan fingerprint density at radius 3 is 1.41 bits per heavy atom. The van der Waals surface area contributed by atoms with E-state index in [1.807, 2.05) is 13.8 Å². The molecule has 0 aromatic heterocycles. The molecule has 2 atom stereocenters. The lowest BCUT2D eigenvalue weighted by Gasteiger charge is -2.10. The molecule has 0 aromatic carbocycles. The van der Waals surface area contributed by atoms with E-state index in [4.69, 9.17) is 19.7 Å². The molecule has 0 saturated carbocycles. The standard InChI is InChI=1S/C21H40O6/c1-18(10-14-22)12-16-26-20(24)8-6-4-3-5-7-9-21(25)27-17-13-19(2)11-15-23/h18-19,22-23H,3-17H2,1-2H3. The van der Waals surface area contributed by atoms with Crippen molar-refractivity contribution >= 4 is 11.9 Å².